The lowest BCUT2D eigenvalue weighted by Gasteiger charge is -2.06. The smallest absolute Gasteiger partial charge is 0.423 e. The third-order valence-corrected chi connectivity index (χ3v) is 3.69. The molecule has 0 spiro atoms. The first-order valence-electron chi connectivity index (χ1n) is 5.59. The lowest BCUT2D eigenvalue weighted by molar-refractivity contribution is 0.425. The molecule has 2 aromatic rings. The lowest BCUT2D eigenvalue weighted by atomic mass is 9.80. The van der Waals surface area contributed by atoms with Crippen LogP contribution in [0.5, 0.6) is 0 Å². The second kappa shape index (κ2) is 6.19. The summed E-state index contributed by atoms with van der Waals surface area (Å²) < 4.78 is 27.1. The van der Waals surface area contributed by atoms with Crippen molar-refractivity contribution >= 4 is 24.3 Å². The maximum atomic E-state index is 13.7. The third kappa shape index (κ3) is 3.56. The standard InChI is InChI=1S/C13H11BF2O2S/c15-11-3-1-2-4-13(11)19-8-9-5-6-10(14(17)18)7-12(9)16/h1-7,17-18H,8H2. The Morgan fingerprint density at radius 1 is 1.00 bits per heavy atom. The van der Waals surface area contributed by atoms with Crippen molar-refractivity contribution in [2.45, 2.75) is 10.6 Å². The SMILES string of the molecule is OB(O)c1ccc(CSc2ccccc2F)c(F)c1. The molecule has 0 bridgehead atoms. The Labute approximate surface area is 114 Å². The molecule has 0 radical (unpaired) electrons. The Balaban J connectivity index is 2.10. The van der Waals surface area contributed by atoms with Gasteiger partial charge in [0.1, 0.15) is 11.6 Å². The van der Waals surface area contributed by atoms with Crippen LogP contribution in [-0.2, 0) is 5.75 Å². The zero-order valence-electron chi connectivity index (χ0n) is 9.88. The molecule has 0 saturated carbocycles. The molecule has 19 heavy (non-hydrogen) atoms. The summed E-state index contributed by atoms with van der Waals surface area (Å²) in [6.07, 6.45) is 0. The molecule has 2 N–H and O–H groups in total. The topological polar surface area (TPSA) is 40.5 Å². The Bertz CT molecular complexity index is 578. The molecule has 0 atom stereocenters. The van der Waals surface area contributed by atoms with Crippen LogP contribution in [0.25, 0.3) is 0 Å². The normalized spacial score (nSPS) is 10.5. The molecule has 0 aliphatic carbocycles. The van der Waals surface area contributed by atoms with Gasteiger partial charge in [0.2, 0.25) is 0 Å². The van der Waals surface area contributed by atoms with E-state index in [1.165, 1.54) is 30.0 Å². The Kier molecular flexibility index (Phi) is 4.58. The summed E-state index contributed by atoms with van der Waals surface area (Å²) in [6.45, 7) is 0. The molecule has 2 aromatic carbocycles. The van der Waals surface area contributed by atoms with E-state index >= 15 is 0 Å². The minimum absolute atomic E-state index is 0.0946. The van der Waals surface area contributed by atoms with Crippen LogP contribution in [0.15, 0.2) is 47.4 Å². The summed E-state index contributed by atoms with van der Waals surface area (Å²) in [5, 5.41) is 17.8. The largest absolute Gasteiger partial charge is 0.488 e. The average molecular weight is 280 g/mol. The quantitative estimate of drug-likeness (QED) is 0.664. The van der Waals surface area contributed by atoms with Crippen molar-refractivity contribution in [3.05, 3.63) is 59.7 Å². The summed E-state index contributed by atoms with van der Waals surface area (Å²) in [4.78, 5) is 0.452. The van der Waals surface area contributed by atoms with Gasteiger partial charge in [0.15, 0.2) is 0 Å². The van der Waals surface area contributed by atoms with Gasteiger partial charge in [0.05, 0.1) is 0 Å². The van der Waals surface area contributed by atoms with Crippen LogP contribution in [0.2, 0.25) is 0 Å². The molecule has 0 aliphatic rings. The molecule has 98 valence electrons. The second-order valence-corrected chi connectivity index (χ2v) is 4.96. The van der Waals surface area contributed by atoms with E-state index in [2.05, 4.69) is 0 Å². The van der Waals surface area contributed by atoms with Crippen molar-refractivity contribution in [3.8, 4) is 0 Å². The highest BCUT2D eigenvalue weighted by molar-refractivity contribution is 7.98. The summed E-state index contributed by atoms with van der Waals surface area (Å²) in [7, 11) is -1.69. The molecule has 0 unspecified atom stereocenters. The predicted molar refractivity (Wildman–Crippen MR) is 72.2 cm³/mol. The molecule has 0 amide bonds. The van der Waals surface area contributed by atoms with Crippen molar-refractivity contribution in [1.82, 2.24) is 0 Å². The molecule has 2 rings (SSSR count). The zero-order valence-corrected chi connectivity index (χ0v) is 10.7. The number of halogens is 2. The van der Waals surface area contributed by atoms with Crippen LogP contribution >= 0.6 is 11.8 Å². The van der Waals surface area contributed by atoms with Gasteiger partial charge in [-0.3, -0.25) is 0 Å². The van der Waals surface area contributed by atoms with Gasteiger partial charge >= 0.3 is 7.12 Å². The van der Waals surface area contributed by atoms with Crippen molar-refractivity contribution < 1.29 is 18.8 Å². The van der Waals surface area contributed by atoms with Gasteiger partial charge in [-0.1, -0.05) is 24.3 Å². The molecule has 0 fully saturated rings. The van der Waals surface area contributed by atoms with E-state index < -0.39 is 12.9 Å². The van der Waals surface area contributed by atoms with E-state index in [9.17, 15) is 8.78 Å². The minimum Gasteiger partial charge on any atom is -0.423 e. The van der Waals surface area contributed by atoms with E-state index in [1.54, 1.807) is 18.2 Å². The first-order valence-corrected chi connectivity index (χ1v) is 6.58. The van der Waals surface area contributed by atoms with Crippen molar-refractivity contribution in [3.63, 3.8) is 0 Å². The zero-order chi connectivity index (χ0) is 13.8. The van der Waals surface area contributed by atoms with Crippen LogP contribution in [-0.4, -0.2) is 17.2 Å². The first-order chi connectivity index (χ1) is 9.08. The monoisotopic (exact) mass is 280 g/mol. The van der Waals surface area contributed by atoms with E-state index in [0.29, 0.717) is 10.5 Å². The molecule has 0 saturated heterocycles. The van der Waals surface area contributed by atoms with Gasteiger partial charge in [-0.2, -0.15) is 0 Å². The van der Waals surface area contributed by atoms with Crippen LogP contribution in [0.1, 0.15) is 5.56 Å². The number of rotatable bonds is 4. The summed E-state index contributed by atoms with van der Waals surface area (Å²) >= 11 is 1.19. The average Bonchev–Trinajstić information content (AvgIpc) is 2.39. The van der Waals surface area contributed by atoms with Gasteiger partial charge in [-0.25, -0.2) is 8.78 Å². The Morgan fingerprint density at radius 2 is 1.74 bits per heavy atom. The highest BCUT2D eigenvalue weighted by Gasteiger charge is 2.13. The number of hydrogen-bond donors (Lipinski definition) is 2. The van der Waals surface area contributed by atoms with Crippen LogP contribution < -0.4 is 5.46 Å². The molecule has 2 nitrogen and oxygen atoms in total. The van der Waals surface area contributed by atoms with Crippen molar-refractivity contribution in [2.24, 2.45) is 0 Å². The summed E-state index contributed by atoms with van der Waals surface area (Å²) in [6, 6.07) is 10.3. The van der Waals surface area contributed by atoms with E-state index in [4.69, 9.17) is 10.0 Å². The van der Waals surface area contributed by atoms with Crippen LogP contribution in [0.4, 0.5) is 8.78 Å². The first kappa shape index (κ1) is 14.1. The van der Waals surface area contributed by atoms with Gasteiger partial charge in [0, 0.05) is 10.6 Å². The third-order valence-electron chi connectivity index (χ3n) is 2.60. The highest BCUT2D eigenvalue weighted by atomic mass is 32.2. The van der Waals surface area contributed by atoms with Gasteiger partial charge < -0.3 is 10.0 Å². The highest BCUT2D eigenvalue weighted by Crippen LogP contribution is 2.25. The maximum Gasteiger partial charge on any atom is 0.488 e. The molecule has 0 aliphatic heterocycles. The molecule has 6 heteroatoms. The summed E-state index contributed by atoms with van der Waals surface area (Å²) in [5.41, 5.74) is 0.481. The van der Waals surface area contributed by atoms with Crippen molar-refractivity contribution in [1.29, 1.82) is 0 Å². The fourth-order valence-corrected chi connectivity index (χ4v) is 2.48. The fourth-order valence-electron chi connectivity index (χ4n) is 1.56. The molecule has 0 aromatic heterocycles. The van der Waals surface area contributed by atoms with Crippen molar-refractivity contribution in [2.75, 3.05) is 0 Å². The maximum absolute atomic E-state index is 13.7. The lowest BCUT2D eigenvalue weighted by Crippen LogP contribution is -2.30. The molecular formula is C13H11BF2O2S. The molecular weight excluding hydrogens is 269 g/mol. The second-order valence-electron chi connectivity index (χ2n) is 3.94. The van der Waals surface area contributed by atoms with Gasteiger partial charge in [0.25, 0.3) is 0 Å². The summed E-state index contributed by atoms with van der Waals surface area (Å²) in [5.74, 6) is -0.598. The van der Waals surface area contributed by atoms with E-state index in [0.717, 1.165) is 6.07 Å². The number of thioether (sulfide) groups is 1. The van der Waals surface area contributed by atoms with E-state index in [1.807, 2.05) is 0 Å². The van der Waals surface area contributed by atoms with E-state index in [-0.39, 0.29) is 17.0 Å². The number of benzene rings is 2. The Morgan fingerprint density at radius 3 is 2.37 bits per heavy atom. The Hall–Kier alpha value is -1.37. The number of hydrogen-bond acceptors (Lipinski definition) is 3. The molecule has 0 heterocycles. The van der Waals surface area contributed by atoms with Crippen LogP contribution in [0, 0.1) is 11.6 Å². The van der Waals surface area contributed by atoms with Gasteiger partial charge in [-0.05, 0) is 29.2 Å². The fraction of sp³-hybridized carbons (Fsp3) is 0.0769. The van der Waals surface area contributed by atoms with Crippen LogP contribution in [0.3, 0.4) is 0 Å². The van der Waals surface area contributed by atoms with Gasteiger partial charge in [-0.15, -0.1) is 11.8 Å². The predicted octanol–water partition coefficient (Wildman–Crippen LogP) is 1.94. The minimum atomic E-state index is -1.69.